The van der Waals surface area contributed by atoms with Crippen LogP contribution in [0.25, 0.3) is 0 Å². The van der Waals surface area contributed by atoms with Crippen LogP contribution in [0.3, 0.4) is 0 Å². The Balaban J connectivity index is 1.88. The first kappa shape index (κ1) is 16.5. The number of nitrogens with one attached hydrogen (secondary N) is 2. The Labute approximate surface area is 130 Å². The van der Waals surface area contributed by atoms with E-state index in [0.29, 0.717) is 18.7 Å². The Morgan fingerprint density at radius 1 is 1.50 bits per heavy atom. The number of urea groups is 1. The van der Waals surface area contributed by atoms with Crippen molar-refractivity contribution in [2.45, 2.75) is 38.3 Å². The van der Waals surface area contributed by atoms with Crippen LogP contribution in [0.15, 0.2) is 24.3 Å². The van der Waals surface area contributed by atoms with Crippen molar-refractivity contribution in [2.75, 3.05) is 24.6 Å². The summed E-state index contributed by atoms with van der Waals surface area (Å²) in [6.45, 7) is 3.29. The number of halogens is 1. The predicted octanol–water partition coefficient (Wildman–Crippen LogP) is 1.86. The normalized spacial score (nSPS) is 19.6. The highest BCUT2D eigenvalue weighted by Crippen LogP contribution is 2.22. The molecule has 1 fully saturated rings. The second-order valence-corrected chi connectivity index (χ2v) is 5.77. The first-order valence-corrected chi connectivity index (χ1v) is 7.77. The second kappa shape index (κ2) is 7.98. The van der Waals surface area contributed by atoms with Crippen molar-refractivity contribution < 1.29 is 14.3 Å². The summed E-state index contributed by atoms with van der Waals surface area (Å²) in [6, 6.07) is 6.40. The number of amides is 2. The monoisotopic (exact) mass is 309 g/mol. The van der Waals surface area contributed by atoms with Crippen molar-refractivity contribution in [3.05, 3.63) is 30.1 Å². The molecule has 22 heavy (non-hydrogen) atoms. The molecule has 5 nitrogen and oxygen atoms in total. The number of piperidine rings is 1. The fourth-order valence-corrected chi connectivity index (χ4v) is 2.74. The van der Waals surface area contributed by atoms with Crippen LogP contribution in [-0.4, -0.2) is 42.9 Å². The summed E-state index contributed by atoms with van der Waals surface area (Å²) in [5.74, 6) is -0.232. The summed E-state index contributed by atoms with van der Waals surface area (Å²) in [5.41, 5.74) is 0.586. The number of carbonyl (C=O) groups excluding carboxylic acids is 1. The average Bonchev–Trinajstić information content (AvgIpc) is 2.48. The van der Waals surface area contributed by atoms with Gasteiger partial charge >= 0.3 is 6.03 Å². The molecule has 0 radical (unpaired) electrons. The summed E-state index contributed by atoms with van der Waals surface area (Å²) in [4.78, 5) is 13.9. The van der Waals surface area contributed by atoms with Gasteiger partial charge in [-0.2, -0.15) is 0 Å². The van der Waals surface area contributed by atoms with E-state index in [2.05, 4.69) is 10.6 Å². The summed E-state index contributed by atoms with van der Waals surface area (Å²) in [6.07, 6.45) is 2.32. The van der Waals surface area contributed by atoms with Crippen molar-refractivity contribution in [1.29, 1.82) is 0 Å². The quantitative estimate of drug-likeness (QED) is 0.778. The van der Waals surface area contributed by atoms with Crippen molar-refractivity contribution in [3.8, 4) is 0 Å². The Morgan fingerprint density at radius 2 is 2.27 bits per heavy atom. The zero-order valence-electron chi connectivity index (χ0n) is 12.9. The number of benzene rings is 1. The molecule has 0 spiro atoms. The molecule has 2 amide bonds. The number of nitrogens with zero attached hydrogens (tertiary/aromatic N) is 1. The Hall–Kier alpha value is -1.82. The van der Waals surface area contributed by atoms with Gasteiger partial charge in [0.2, 0.25) is 0 Å². The third-order valence-corrected chi connectivity index (χ3v) is 3.89. The van der Waals surface area contributed by atoms with E-state index >= 15 is 0 Å². The molecule has 1 aromatic rings. The first-order valence-electron chi connectivity index (χ1n) is 7.77. The molecule has 1 saturated heterocycles. The van der Waals surface area contributed by atoms with Crippen molar-refractivity contribution >= 4 is 11.7 Å². The molecule has 2 atom stereocenters. The van der Waals surface area contributed by atoms with E-state index in [1.54, 1.807) is 12.1 Å². The first-order chi connectivity index (χ1) is 10.6. The lowest BCUT2D eigenvalue weighted by Gasteiger charge is -2.35. The van der Waals surface area contributed by atoms with Gasteiger partial charge in [-0.15, -0.1) is 0 Å². The minimum Gasteiger partial charge on any atom is -0.396 e. The summed E-state index contributed by atoms with van der Waals surface area (Å²) >= 11 is 0. The minimum absolute atomic E-state index is 0.00492. The average molecular weight is 309 g/mol. The number of hydrogen-bond acceptors (Lipinski definition) is 3. The number of para-hydroxylation sites is 1. The van der Waals surface area contributed by atoms with E-state index in [1.807, 2.05) is 17.9 Å². The van der Waals surface area contributed by atoms with Crippen LogP contribution in [0.1, 0.15) is 26.2 Å². The van der Waals surface area contributed by atoms with Crippen LogP contribution in [0.5, 0.6) is 0 Å². The minimum atomic E-state index is -0.235. The van der Waals surface area contributed by atoms with E-state index in [9.17, 15) is 9.18 Å². The van der Waals surface area contributed by atoms with Gasteiger partial charge in [0.05, 0.1) is 5.69 Å². The highest BCUT2D eigenvalue weighted by molar-refractivity contribution is 5.74. The van der Waals surface area contributed by atoms with E-state index in [0.717, 1.165) is 19.4 Å². The molecule has 0 bridgehead atoms. The van der Waals surface area contributed by atoms with Crippen LogP contribution in [-0.2, 0) is 0 Å². The Bertz CT molecular complexity index is 498. The number of anilines is 1. The lowest BCUT2D eigenvalue weighted by atomic mass is 10.0. The largest absolute Gasteiger partial charge is 0.396 e. The van der Waals surface area contributed by atoms with Crippen LogP contribution in [0, 0.1) is 5.82 Å². The molecular formula is C16H24FN3O2. The molecule has 1 aromatic carbocycles. The van der Waals surface area contributed by atoms with E-state index < -0.39 is 0 Å². The maximum absolute atomic E-state index is 13.9. The smallest absolute Gasteiger partial charge is 0.315 e. The zero-order valence-corrected chi connectivity index (χ0v) is 12.9. The lowest BCUT2D eigenvalue weighted by molar-refractivity contribution is 0.226. The molecule has 1 heterocycles. The number of aliphatic hydroxyl groups is 1. The summed E-state index contributed by atoms with van der Waals surface area (Å²) < 4.78 is 13.9. The van der Waals surface area contributed by atoms with E-state index in [4.69, 9.17) is 5.11 Å². The van der Waals surface area contributed by atoms with Gasteiger partial charge in [0, 0.05) is 31.8 Å². The van der Waals surface area contributed by atoms with Crippen LogP contribution in [0.4, 0.5) is 14.9 Å². The summed E-state index contributed by atoms with van der Waals surface area (Å²) in [7, 11) is 0. The zero-order chi connectivity index (χ0) is 15.9. The van der Waals surface area contributed by atoms with E-state index in [-0.39, 0.29) is 30.5 Å². The molecule has 3 N–H and O–H groups in total. The molecule has 0 aliphatic carbocycles. The molecule has 6 heteroatoms. The maximum atomic E-state index is 13.9. The number of carbonyl (C=O) groups is 1. The van der Waals surface area contributed by atoms with Gasteiger partial charge in [-0.3, -0.25) is 0 Å². The highest BCUT2D eigenvalue weighted by atomic mass is 19.1. The van der Waals surface area contributed by atoms with Crippen molar-refractivity contribution in [3.63, 3.8) is 0 Å². The third-order valence-electron chi connectivity index (χ3n) is 3.89. The van der Waals surface area contributed by atoms with Crippen LogP contribution < -0.4 is 15.5 Å². The molecule has 0 aromatic heterocycles. The summed E-state index contributed by atoms with van der Waals surface area (Å²) in [5, 5.41) is 14.6. The predicted molar refractivity (Wildman–Crippen MR) is 84.5 cm³/mol. The van der Waals surface area contributed by atoms with Gasteiger partial charge in [0.25, 0.3) is 0 Å². The molecule has 1 aliphatic heterocycles. The molecule has 2 rings (SSSR count). The molecule has 1 aliphatic rings. The fourth-order valence-electron chi connectivity index (χ4n) is 2.74. The van der Waals surface area contributed by atoms with Gasteiger partial charge in [0.1, 0.15) is 5.82 Å². The second-order valence-electron chi connectivity index (χ2n) is 5.77. The standard InChI is InChI=1S/C16H24FN3O2/c1-12(8-10-21)18-16(22)19-13-5-4-9-20(11-13)15-7-3-2-6-14(15)17/h2-3,6-7,12-13,21H,4-5,8-11H2,1H3,(H2,18,19,22)/t12-,13?/m1/s1. The molecular weight excluding hydrogens is 285 g/mol. The SMILES string of the molecule is C[C@H](CCO)NC(=O)NC1CCCN(c2ccccc2F)C1. The molecule has 1 unspecified atom stereocenters. The third kappa shape index (κ3) is 4.59. The maximum Gasteiger partial charge on any atom is 0.315 e. The fraction of sp³-hybridized carbons (Fsp3) is 0.562. The molecule has 0 saturated carbocycles. The van der Waals surface area contributed by atoms with Gasteiger partial charge in [-0.25, -0.2) is 9.18 Å². The molecule has 122 valence electrons. The van der Waals surface area contributed by atoms with E-state index in [1.165, 1.54) is 6.07 Å². The number of rotatable bonds is 5. The van der Waals surface area contributed by atoms with Gasteiger partial charge in [-0.05, 0) is 38.3 Å². The van der Waals surface area contributed by atoms with Gasteiger partial charge in [0.15, 0.2) is 0 Å². The van der Waals surface area contributed by atoms with Gasteiger partial charge < -0.3 is 20.6 Å². The van der Waals surface area contributed by atoms with Crippen LogP contribution in [0.2, 0.25) is 0 Å². The number of aliphatic hydroxyl groups excluding tert-OH is 1. The Kier molecular flexibility index (Phi) is 6.00. The lowest BCUT2D eigenvalue weighted by Crippen LogP contribution is -2.52. The topological polar surface area (TPSA) is 64.6 Å². The number of hydrogen-bond donors (Lipinski definition) is 3. The van der Waals surface area contributed by atoms with Gasteiger partial charge in [-0.1, -0.05) is 12.1 Å². The highest BCUT2D eigenvalue weighted by Gasteiger charge is 2.23. The van der Waals surface area contributed by atoms with Crippen molar-refractivity contribution in [1.82, 2.24) is 10.6 Å². The Morgan fingerprint density at radius 3 is 3.00 bits per heavy atom. The van der Waals surface area contributed by atoms with Crippen molar-refractivity contribution in [2.24, 2.45) is 0 Å². The van der Waals surface area contributed by atoms with Crippen LogP contribution >= 0.6 is 0 Å².